The molecule has 1 heterocycles. The Balaban J connectivity index is 1.93. The number of carbonyl (C=O) groups is 2. The zero-order valence-corrected chi connectivity index (χ0v) is 13.5. The van der Waals surface area contributed by atoms with E-state index in [2.05, 4.69) is 10.0 Å². The molecule has 0 bridgehead atoms. The highest BCUT2D eigenvalue weighted by molar-refractivity contribution is 7.91. The molecule has 3 N–H and O–H groups in total. The predicted molar refractivity (Wildman–Crippen MR) is 81.1 cm³/mol. The fraction of sp³-hybridized carbons (Fsp3) is 0.538. The highest BCUT2D eigenvalue weighted by Crippen LogP contribution is 2.32. The summed E-state index contributed by atoms with van der Waals surface area (Å²) >= 11 is 1.06. The summed E-state index contributed by atoms with van der Waals surface area (Å²) < 4.78 is 26.2. The zero-order valence-electron chi connectivity index (χ0n) is 11.9. The number of thiophene rings is 1. The number of hydrogen-bond donors (Lipinski definition) is 3. The van der Waals surface area contributed by atoms with E-state index in [0.717, 1.165) is 24.2 Å². The number of carboxylic acid groups (broad SMARTS) is 1. The van der Waals surface area contributed by atoms with Gasteiger partial charge in [-0.15, -0.1) is 11.3 Å². The molecule has 1 aliphatic carbocycles. The number of sulfonamides is 1. The molecule has 1 aliphatic rings. The zero-order chi connectivity index (χ0) is 16.2. The molecule has 0 aromatic carbocycles. The van der Waals surface area contributed by atoms with Crippen LogP contribution >= 0.6 is 11.3 Å². The van der Waals surface area contributed by atoms with Crippen LogP contribution in [0, 0.1) is 0 Å². The Labute approximate surface area is 132 Å². The first-order valence-electron chi connectivity index (χ1n) is 6.89. The van der Waals surface area contributed by atoms with Crippen LogP contribution in [0.5, 0.6) is 0 Å². The van der Waals surface area contributed by atoms with Gasteiger partial charge in [-0.2, -0.15) is 0 Å². The van der Waals surface area contributed by atoms with Crippen molar-refractivity contribution in [1.82, 2.24) is 10.0 Å². The molecule has 0 atom stereocenters. The number of aliphatic carboxylic acids is 1. The van der Waals surface area contributed by atoms with Crippen molar-refractivity contribution in [2.24, 2.45) is 0 Å². The second-order valence-corrected chi connectivity index (χ2v) is 8.30. The van der Waals surface area contributed by atoms with Crippen molar-refractivity contribution in [3.05, 3.63) is 17.5 Å². The van der Waals surface area contributed by atoms with Gasteiger partial charge < -0.3 is 10.4 Å². The molecule has 0 unspecified atom stereocenters. The van der Waals surface area contributed by atoms with Gasteiger partial charge in [0.25, 0.3) is 10.0 Å². The Bertz CT molecular complexity index is 633. The topological polar surface area (TPSA) is 113 Å². The van der Waals surface area contributed by atoms with E-state index in [1.807, 2.05) is 0 Å². The van der Waals surface area contributed by atoms with Crippen LogP contribution in [0.1, 0.15) is 32.1 Å². The average Bonchev–Trinajstić information content (AvgIpc) is 3.07. The molecule has 0 radical (unpaired) electrons. The number of nitrogens with one attached hydrogen (secondary N) is 2. The Morgan fingerprint density at radius 3 is 2.55 bits per heavy atom. The molecule has 7 nitrogen and oxygen atoms in total. The molecule has 0 saturated heterocycles. The molecule has 22 heavy (non-hydrogen) atoms. The van der Waals surface area contributed by atoms with Crippen LogP contribution in [-0.4, -0.2) is 37.5 Å². The Morgan fingerprint density at radius 2 is 2.00 bits per heavy atom. The lowest BCUT2D eigenvalue weighted by molar-refractivity contribution is -0.139. The van der Waals surface area contributed by atoms with Gasteiger partial charge in [0, 0.05) is 0 Å². The van der Waals surface area contributed by atoms with Crippen molar-refractivity contribution >= 4 is 33.2 Å². The predicted octanol–water partition coefficient (Wildman–Crippen LogP) is 0.930. The summed E-state index contributed by atoms with van der Waals surface area (Å²) in [7, 11) is -3.70. The van der Waals surface area contributed by atoms with E-state index in [1.54, 1.807) is 11.4 Å². The average molecular weight is 346 g/mol. The summed E-state index contributed by atoms with van der Waals surface area (Å²) in [6, 6.07) is 3.06. The first kappa shape index (κ1) is 16.9. The molecule has 122 valence electrons. The normalized spacial score (nSPS) is 17.3. The molecule has 0 spiro atoms. The van der Waals surface area contributed by atoms with Crippen molar-refractivity contribution < 1.29 is 23.1 Å². The van der Waals surface area contributed by atoms with Crippen LogP contribution in [0.4, 0.5) is 0 Å². The summed E-state index contributed by atoms with van der Waals surface area (Å²) in [4.78, 5) is 22.9. The van der Waals surface area contributed by atoms with Crippen LogP contribution in [0.25, 0.3) is 0 Å². The lowest BCUT2D eigenvalue weighted by Crippen LogP contribution is -2.50. The van der Waals surface area contributed by atoms with Crippen LogP contribution in [0.15, 0.2) is 21.7 Å². The smallest absolute Gasteiger partial charge is 0.305 e. The van der Waals surface area contributed by atoms with E-state index in [9.17, 15) is 18.0 Å². The maximum Gasteiger partial charge on any atom is 0.305 e. The van der Waals surface area contributed by atoms with Gasteiger partial charge in [-0.25, -0.2) is 13.1 Å². The van der Waals surface area contributed by atoms with Crippen molar-refractivity contribution in [2.45, 2.75) is 41.9 Å². The van der Waals surface area contributed by atoms with Crippen LogP contribution < -0.4 is 10.0 Å². The van der Waals surface area contributed by atoms with Gasteiger partial charge in [-0.3, -0.25) is 9.59 Å². The highest BCUT2D eigenvalue weighted by atomic mass is 32.2. The number of carbonyl (C=O) groups excluding carboxylic acids is 1. The summed E-state index contributed by atoms with van der Waals surface area (Å²) in [6.07, 6.45) is 2.77. The second kappa shape index (κ2) is 6.76. The molecule has 0 aliphatic heterocycles. The quantitative estimate of drug-likeness (QED) is 0.680. The maximum atomic E-state index is 12.0. The lowest BCUT2D eigenvalue weighted by atomic mass is 9.93. The van der Waals surface area contributed by atoms with E-state index >= 15 is 0 Å². The third-order valence-electron chi connectivity index (χ3n) is 3.64. The summed E-state index contributed by atoms with van der Waals surface area (Å²) in [5.41, 5.74) is -0.753. The maximum absolute atomic E-state index is 12.0. The van der Waals surface area contributed by atoms with Gasteiger partial charge in [-0.1, -0.05) is 18.9 Å². The largest absolute Gasteiger partial charge is 0.481 e. The van der Waals surface area contributed by atoms with Gasteiger partial charge in [-0.05, 0) is 24.3 Å². The van der Waals surface area contributed by atoms with E-state index in [-0.39, 0.29) is 10.6 Å². The van der Waals surface area contributed by atoms with E-state index < -0.39 is 34.0 Å². The minimum absolute atomic E-state index is 0.140. The van der Waals surface area contributed by atoms with Crippen LogP contribution in [-0.2, 0) is 19.6 Å². The first-order valence-corrected chi connectivity index (χ1v) is 9.25. The van der Waals surface area contributed by atoms with Crippen molar-refractivity contribution in [1.29, 1.82) is 0 Å². The molecule has 9 heteroatoms. The van der Waals surface area contributed by atoms with Crippen molar-refractivity contribution in [2.75, 3.05) is 6.54 Å². The van der Waals surface area contributed by atoms with Crippen molar-refractivity contribution in [3.8, 4) is 0 Å². The molecule has 1 fully saturated rings. The number of hydrogen-bond acceptors (Lipinski definition) is 5. The monoisotopic (exact) mass is 346 g/mol. The minimum atomic E-state index is -3.70. The van der Waals surface area contributed by atoms with Gasteiger partial charge >= 0.3 is 5.97 Å². The van der Waals surface area contributed by atoms with E-state index in [4.69, 9.17) is 5.11 Å². The third-order valence-corrected chi connectivity index (χ3v) is 6.44. The molecule has 2 rings (SSSR count). The molecule has 1 amide bonds. The Kier molecular flexibility index (Phi) is 5.20. The SMILES string of the molecule is O=C(O)CC1(NC(=O)CNS(=O)(=O)c2cccs2)CCCC1. The number of carboxylic acids is 1. The fourth-order valence-corrected chi connectivity index (χ4v) is 4.69. The van der Waals surface area contributed by atoms with Crippen LogP contribution in [0.2, 0.25) is 0 Å². The van der Waals surface area contributed by atoms with Crippen LogP contribution in [0.3, 0.4) is 0 Å². The van der Waals surface area contributed by atoms with Gasteiger partial charge in [0.2, 0.25) is 5.91 Å². The first-order chi connectivity index (χ1) is 10.3. The molecule has 1 aromatic heterocycles. The molecule has 1 saturated carbocycles. The summed E-state index contributed by atoms with van der Waals surface area (Å²) in [5.74, 6) is -1.48. The Hall–Kier alpha value is -1.45. The fourth-order valence-electron chi connectivity index (χ4n) is 2.68. The summed E-state index contributed by atoms with van der Waals surface area (Å²) in [6.45, 7) is -0.401. The van der Waals surface area contributed by atoms with Gasteiger partial charge in [0.05, 0.1) is 18.5 Å². The molecule has 1 aromatic rings. The highest BCUT2D eigenvalue weighted by Gasteiger charge is 2.37. The van der Waals surface area contributed by atoms with Gasteiger partial charge in [0.1, 0.15) is 4.21 Å². The molecular weight excluding hydrogens is 328 g/mol. The lowest BCUT2D eigenvalue weighted by Gasteiger charge is -2.28. The third kappa shape index (κ3) is 4.28. The summed E-state index contributed by atoms with van der Waals surface area (Å²) in [5, 5.41) is 13.3. The van der Waals surface area contributed by atoms with Gasteiger partial charge in [0.15, 0.2) is 0 Å². The molecular formula is C13H18N2O5S2. The number of amides is 1. The van der Waals surface area contributed by atoms with E-state index in [0.29, 0.717) is 12.8 Å². The Morgan fingerprint density at radius 1 is 1.32 bits per heavy atom. The van der Waals surface area contributed by atoms with Crippen molar-refractivity contribution in [3.63, 3.8) is 0 Å². The van der Waals surface area contributed by atoms with E-state index in [1.165, 1.54) is 6.07 Å². The minimum Gasteiger partial charge on any atom is -0.481 e. The standard InChI is InChI=1S/C13H18N2O5S2/c16-10(9-14-22(19,20)12-4-3-7-21-12)15-13(8-11(17)18)5-1-2-6-13/h3-4,7,14H,1-2,5-6,8-9H2,(H,15,16)(H,17,18). The second-order valence-electron chi connectivity index (χ2n) is 5.36. The number of rotatable bonds is 7.